The Morgan fingerprint density at radius 2 is 1.35 bits per heavy atom. The van der Waals surface area contributed by atoms with Crippen LogP contribution in [-0.4, -0.2) is 157 Å². The predicted molar refractivity (Wildman–Crippen MR) is 184 cm³/mol. The van der Waals surface area contributed by atoms with E-state index in [1.165, 1.54) is 0 Å². The van der Waals surface area contributed by atoms with Gasteiger partial charge in [-0.05, 0) is 73.5 Å². The second kappa shape index (κ2) is 13.2. The fourth-order valence-corrected chi connectivity index (χ4v) is 14.4. The maximum Gasteiger partial charge on any atom is 0.186 e. The molecule has 0 aromatic rings. The minimum atomic E-state index is -1.53. The van der Waals surface area contributed by atoms with Crippen LogP contribution in [-0.2, 0) is 28.4 Å². The zero-order chi connectivity index (χ0) is 38.4. The third-order valence-corrected chi connectivity index (χ3v) is 17.3. The summed E-state index contributed by atoms with van der Waals surface area (Å²) in [6.45, 7) is 8.14. The van der Waals surface area contributed by atoms with Gasteiger partial charge in [0.1, 0.15) is 48.8 Å². The Labute approximate surface area is 315 Å². The molecule has 5 saturated carbocycles. The zero-order valence-electron chi connectivity index (χ0n) is 31.7. The Bertz CT molecular complexity index is 1420. The Kier molecular flexibility index (Phi) is 9.51. The van der Waals surface area contributed by atoms with Crippen LogP contribution >= 0.6 is 0 Å². The van der Waals surface area contributed by atoms with Crippen LogP contribution in [0, 0.1) is 57.7 Å². The van der Waals surface area contributed by atoms with E-state index in [-0.39, 0.29) is 64.5 Å². The lowest BCUT2D eigenvalue weighted by Crippen LogP contribution is -2.63. The van der Waals surface area contributed by atoms with Crippen LogP contribution in [0.3, 0.4) is 0 Å². The van der Waals surface area contributed by atoms with Crippen LogP contribution in [0.1, 0.15) is 72.6 Å². The molecule has 9 rings (SSSR count). The molecule has 9 N–H and O–H groups in total. The molecule has 15 nitrogen and oxygen atoms in total. The van der Waals surface area contributed by atoms with Crippen LogP contribution in [0.15, 0.2) is 0 Å². The van der Waals surface area contributed by atoms with Gasteiger partial charge in [-0.15, -0.1) is 0 Å². The van der Waals surface area contributed by atoms with E-state index in [9.17, 15) is 46.0 Å². The number of ether oxygens (including phenoxy) is 6. The molecule has 0 radical (unpaired) electrons. The highest BCUT2D eigenvalue weighted by Gasteiger charge is 2.81. The second-order valence-corrected chi connectivity index (χ2v) is 19.3. The summed E-state index contributed by atoms with van der Waals surface area (Å²) in [6, 6.07) is 0. The van der Waals surface area contributed by atoms with Gasteiger partial charge in [0.25, 0.3) is 0 Å². The number of fused-ring (bicyclic) bond motifs is 6. The molecule has 4 aliphatic heterocycles. The van der Waals surface area contributed by atoms with Crippen molar-refractivity contribution in [2.24, 2.45) is 57.7 Å². The number of hydrogen-bond donors (Lipinski definition) is 9. The van der Waals surface area contributed by atoms with Gasteiger partial charge in [0.05, 0.1) is 44.2 Å². The molecule has 2 spiro atoms. The summed E-state index contributed by atoms with van der Waals surface area (Å²) in [7, 11) is 0. The van der Waals surface area contributed by atoms with Gasteiger partial charge in [0, 0.05) is 29.1 Å². The molecule has 9 aliphatic rings. The molecule has 308 valence electrons. The largest absolute Gasteiger partial charge is 0.394 e. The highest BCUT2D eigenvalue weighted by molar-refractivity contribution is 5.29. The van der Waals surface area contributed by atoms with Crippen molar-refractivity contribution in [3.05, 3.63) is 0 Å². The zero-order valence-corrected chi connectivity index (χ0v) is 31.7. The molecule has 54 heavy (non-hydrogen) atoms. The number of aliphatic hydroxyl groups is 9. The quantitative estimate of drug-likeness (QED) is 0.157. The molecule has 0 bridgehead atoms. The van der Waals surface area contributed by atoms with Crippen molar-refractivity contribution in [2.45, 2.75) is 164 Å². The summed E-state index contributed by atoms with van der Waals surface area (Å²) >= 11 is 0. The first-order valence-corrected chi connectivity index (χ1v) is 20.5. The Hall–Kier alpha value is -0.600. The Morgan fingerprint density at radius 1 is 0.722 bits per heavy atom. The minimum Gasteiger partial charge on any atom is -0.394 e. The molecule has 0 amide bonds. The van der Waals surface area contributed by atoms with E-state index >= 15 is 0 Å². The van der Waals surface area contributed by atoms with E-state index in [1.807, 2.05) is 6.92 Å². The summed E-state index contributed by atoms with van der Waals surface area (Å²) in [5.41, 5.74) is -0.792. The molecule has 4 saturated heterocycles. The van der Waals surface area contributed by atoms with Crippen LogP contribution in [0.2, 0.25) is 0 Å². The molecule has 0 aromatic carbocycles. The summed E-state index contributed by atoms with van der Waals surface area (Å²) < 4.78 is 38.1. The van der Waals surface area contributed by atoms with Crippen molar-refractivity contribution in [1.82, 2.24) is 0 Å². The van der Waals surface area contributed by atoms with Crippen LogP contribution in [0.5, 0.6) is 0 Å². The lowest BCUT2D eigenvalue weighted by atomic mass is 9.44. The average Bonchev–Trinajstić information content (AvgIpc) is 3.61. The first-order valence-electron chi connectivity index (χ1n) is 20.5. The van der Waals surface area contributed by atoms with Gasteiger partial charge in [0.2, 0.25) is 0 Å². The van der Waals surface area contributed by atoms with Gasteiger partial charge in [-0.3, -0.25) is 0 Å². The van der Waals surface area contributed by atoms with Crippen molar-refractivity contribution in [3.63, 3.8) is 0 Å². The Balaban J connectivity index is 0.933. The van der Waals surface area contributed by atoms with Crippen LogP contribution < -0.4 is 0 Å². The van der Waals surface area contributed by atoms with Crippen LogP contribution in [0.4, 0.5) is 0 Å². The molecule has 0 aromatic heterocycles. The maximum atomic E-state index is 12.1. The van der Waals surface area contributed by atoms with E-state index in [0.29, 0.717) is 25.9 Å². The van der Waals surface area contributed by atoms with E-state index < -0.39 is 98.0 Å². The molecule has 3 unspecified atom stereocenters. The predicted octanol–water partition coefficient (Wildman–Crippen LogP) is -1.01. The molecule has 25 atom stereocenters. The van der Waals surface area contributed by atoms with Gasteiger partial charge < -0.3 is 74.4 Å². The first kappa shape index (κ1) is 38.9. The number of hydrogen-bond acceptors (Lipinski definition) is 15. The number of aliphatic hydroxyl groups excluding tert-OH is 9. The van der Waals surface area contributed by atoms with E-state index in [4.69, 9.17) is 28.4 Å². The number of rotatable bonds is 6. The Morgan fingerprint density at radius 3 is 1.98 bits per heavy atom. The van der Waals surface area contributed by atoms with Gasteiger partial charge in [-0.2, -0.15) is 0 Å². The van der Waals surface area contributed by atoms with Crippen molar-refractivity contribution in [1.29, 1.82) is 0 Å². The van der Waals surface area contributed by atoms with Crippen LogP contribution in [0.25, 0.3) is 0 Å². The van der Waals surface area contributed by atoms with E-state index in [2.05, 4.69) is 20.8 Å². The van der Waals surface area contributed by atoms with Crippen molar-refractivity contribution < 1.29 is 74.4 Å². The lowest BCUT2D eigenvalue weighted by Gasteiger charge is -2.62. The van der Waals surface area contributed by atoms with Gasteiger partial charge in [-0.25, -0.2) is 0 Å². The molecule has 15 heteroatoms. The van der Waals surface area contributed by atoms with Crippen molar-refractivity contribution in [2.75, 3.05) is 19.8 Å². The summed E-state index contributed by atoms with van der Waals surface area (Å²) in [6.07, 6.45) is -9.44. The highest BCUT2D eigenvalue weighted by atomic mass is 16.7. The molecule has 9 fully saturated rings. The fraction of sp³-hybridized carbons (Fsp3) is 1.00. The third kappa shape index (κ3) is 5.14. The third-order valence-electron chi connectivity index (χ3n) is 17.3. The molecular weight excluding hydrogens is 708 g/mol. The summed E-state index contributed by atoms with van der Waals surface area (Å²) in [5, 5.41) is 94.8. The van der Waals surface area contributed by atoms with Crippen molar-refractivity contribution in [3.8, 4) is 0 Å². The normalized spacial score (nSPS) is 63.2. The summed E-state index contributed by atoms with van der Waals surface area (Å²) in [4.78, 5) is 0. The minimum absolute atomic E-state index is 0.000505. The smallest absolute Gasteiger partial charge is 0.186 e. The maximum absolute atomic E-state index is 12.1. The lowest BCUT2D eigenvalue weighted by molar-refractivity contribution is -0.344. The fourth-order valence-electron chi connectivity index (χ4n) is 14.4. The molecule has 4 heterocycles. The second-order valence-electron chi connectivity index (χ2n) is 19.3. The standard InChI is InChI=1S/C39H62O15/c1-15-14-49-39(11-22(15)50-34-32(47)30(45)28(43)23(12-40)51-34)16(2)27-21(54-39)9-20-18-8-25(42)38-10-17(38)7-26(37(38,4)19(18)5-6-36(20,27)3)53-35-33(48)31(46)29(44)24(13-41)52-35/h15-35,40-48H,5-14H2,1-4H3/t15-,16+,17+,18?,19?,20?,21+,22+,23-,24-,25+,26+,27+,28-,29-,30+,31+,32-,33-,34-,35+,36+,37+,38+,39-/m1/s1. The van der Waals surface area contributed by atoms with E-state index in [1.54, 1.807) is 0 Å². The first-order chi connectivity index (χ1) is 25.6. The van der Waals surface area contributed by atoms with Crippen molar-refractivity contribution >= 4 is 0 Å². The van der Waals surface area contributed by atoms with Gasteiger partial charge in [-0.1, -0.05) is 27.7 Å². The van der Waals surface area contributed by atoms with Gasteiger partial charge >= 0.3 is 0 Å². The molecule has 5 aliphatic carbocycles. The highest BCUT2D eigenvalue weighted by Crippen LogP contribution is 2.82. The topological polar surface area (TPSA) is 237 Å². The van der Waals surface area contributed by atoms with Gasteiger partial charge in [0.15, 0.2) is 18.4 Å². The van der Waals surface area contributed by atoms with E-state index in [0.717, 1.165) is 25.7 Å². The summed E-state index contributed by atoms with van der Waals surface area (Å²) in [5.74, 6) is 0.203. The SMILES string of the molecule is C[C@@H]1CO[C@]2(C[C@@H]1O[C@@H]1O[C@H](CO)[C@@H](O)[C@H](O)[C@H]1O)O[C@H]1CC3C4C[C@H](O)[C@]56C[C@@H]5C[C@H](O[C@@H]5O[C@H](CO)[C@@H](O)[C@H](O)[C@H]5O)[C@]6(C)C4CC[C@]3(C)[C@H]1[C@@H]2C. The molecular formula is C39H62O15. The average molecular weight is 771 g/mol. The monoisotopic (exact) mass is 770 g/mol.